The molecule has 3 nitrogen and oxygen atoms in total. The topological polar surface area (TPSA) is 29.3 Å². The van der Waals surface area contributed by atoms with Crippen molar-refractivity contribution in [2.75, 3.05) is 4.90 Å². The number of benzene rings is 9. The molecule has 0 aliphatic heterocycles. The molecule has 9 aromatic carbocycles. The molecule has 0 amide bonds. The molecule has 1 aromatic heterocycles. The molecule has 10 rings (SSSR count). The third kappa shape index (κ3) is 5.88. The zero-order valence-electron chi connectivity index (χ0n) is 29.4. The van der Waals surface area contributed by atoms with Gasteiger partial charge in [0.1, 0.15) is 5.52 Å². The van der Waals surface area contributed by atoms with Crippen molar-refractivity contribution >= 4 is 49.7 Å². The van der Waals surface area contributed by atoms with Crippen LogP contribution in [0.5, 0.6) is 0 Å². The van der Waals surface area contributed by atoms with Crippen LogP contribution in [0.1, 0.15) is 0 Å². The minimum atomic E-state index is 0.641. The van der Waals surface area contributed by atoms with Crippen LogP contribution < -0.4 is 4.90 Å². The van der Waals surface area contributed by atoms with E-state index in [4.69, 9.17) is 9.40 Å². The summed E-state index contributed by atoms with van der Waals surface area (Å²) in [6.07, 6.45) is 0. The number of rotatable bonds is 7. The second-order valence-corrected chi connectivity index (χ2v) is 13.6. The van der Waals surface area contributed by atoms with Gasteiger partial charge in [0.15, 0.2) is 5.58 Å². The number of hydrogen-bond acceptors (Lipinski definition) is 3. The van der Waals surface area contributed by atoms with Crippen molar-refractivity contribution in [1.82, 2.24) is 4.98 Å². The Labute approximate surface area is 314 Å². The summed E-state index contributed by atoms with van der Waals surface area (Å²) in [5.74, 6) is 0.641. The second kappa shape index (κ2) is 13.4. The lowest BCUT2D eigenvalue weighted by Gasteiger charge is -2.26. The van der Waals surface area contributed by atoms with Gasteiger partial charge in [0.25, 0.3) is 0 Å². The fraction of sp³-hybridized carbons (Fsp3) is 0. The lowest BCUT2D eigenvalue weighted by Crippen LogP contribution is -2.10. The maximum Gasteiger partial charge on any atom is 0.227 e. The van der Waals surface area contributed by atoms with Crippen LogP contribution in [0.25, 0.3) is 77.5 Å². The van der Waals surface area contributed by atoms with Crippen LogP contribution >= 0.6 is 0 Å². The molecule has 0 fully saturated rings. The van der Waals surface area contributed by atoms with E-state index in [0.29, 0.717) is 5.89 Å². The Kier molecular flexibility index (Phi) is 7.81. The lowest BCUT2D eigenvalue weighted by atomic mass is 9.98. The molecule has 54 heavy (non-hydrogen) atoms. The van der Waals surface area contributed by atoms with Crippen molar-refractivity contribution in [3.63, 3.8) is 0 Å². The molecule has 10 aromatic rings. The van der Waals surface area contributed by atoms with E-state index >= 15 is 0 Å². The molecule has 0 aliphatic carbocycles. The van der Waals surface area contributed by atoms with Gasteiger partial charge in [-0.2, -0.15) is 0 Å². The van der Waals surface area contributed by atoms with E-state index in [-0.39, 0.29) is 0 Å². The summed E-state index contributed by atoms with van der Waals surface area (Å²) in [5, 5.41) is 4.59. The van der Waals surface area contributed by atoms with Crippen molar-refractivity contribution in [1.29, 1.82) is 0 Å². The minimum Gasteiger partial charge on any atom is -0.436 e. The molecule has 0 N–H and O–H groups in total. The van der Waals surface area contributed by atoms with Crippen molar-refractivity contribution in [2.45, 2.75) is 0 Å². The summed E-state index contributed by atoms with van der Waals surface area (Å²) in [6, 6.07) is 73.1. The van der Waals surface area contributed by atoms with Crippen molar-refractivity contribution in [2.24, 2.45) is 0 Å². The van der Waals surface area contributed by atoms with Gasteiger partial charge in [0.05, 0.1) is 0 Å². The maximum atomic E-state index is 6.14. The van der Waals surface area contributed by atoms with Gasteiger partial charge >= 0.3 is 0 Å². The molecular weight excluding hydrogens is 657 g/mol. The SMILES string of the molecule is c1ccc(-c2ccc(N(c3cccc(-c4ccccc4)c3)c3ccc4cc(-c5ccc6c(ccc7oc(-c8ccccc8)nc76)c5)ccc4c3)cc2)cc1. The van der Waals surface area contributed by atoms with Crippen LogP contribution in [0.4, 0.5) is 17.1 Å². The predicted octanol–water partition coefficient (Wildman–Crippen LogP) is 14.3. The molecule has 0 radical (unpaired) electrons. The van der Waals surface area contributed by atoms with Gasteiger partial charge in [0.2, 0.25) is 5.89 Å². The Morgan fingerprint density at radius 2 is 0.833 bits per heavy atom. The Bertz CT molecular complexity index is 2920. The summed E-state index contributed by atoms with van der Waals surface area (Å²) in [4.78, 5) is 7.24. The smallest absolute Gasteiger partial charge is 0.227 e. The number of anilines is 3. The summed E-state index contributed by atoms with van der Waals surface area (Å²) in [5.41, 5.74) is 13.1. The third-order valence-electron chi connectivity index (χ3n) is 10.3. The minimum absolute atomic E-state index is 0.641. The fourth-order valence-corrected chi connectivity index (χ4v) is 7.49. The zero-order chi connectivity index (χ0) is 35.8. The first kappa shape index (κ1) is 31.5. The molecule has 1 heterocycles. The van der Waals surface area contributed by atoms with Gasteiger partial charge in [-0.1, -0.05) is 140 Å². The largest absolute Gasteiger partial charge is 0.436 e. The van der Waals surface area contributed by atoms with E-state index in [1.165, 1.54) is 38.6 Å². The number of aromatic nitrogens is 1. The number of fused-ring (bicyclic) bond motifs is 4. The highest BCUT2D eigenvalue weighted by molar-refractivity contribution is 6.05. The Balaban J connectivity index is 1.02. The first-order chi connectivity index (χ1) is 26.7. The molecule has 0 saturated carbocycles. The van der Waals surface area contributed by atoms with Crippen LogP contribution in [-0.4, -0.2) is 4.98 Å². The monoisotopic (exact) mass is 690 g/mol. The first-order valence-corrected chi connectivity index (χ1v) is 18.3. The molecule has 0 saturated heterocycles. The highest BCUT2D eigenvalue weighted by Crippen LogP contribution is 2.40. The van der Waals surface area contributed by atoms with E-state index in [1.54, 1.807) is 0 Å². The van der Waals surface area contributed by atoms with Gasteiger partial charge in [-0.05, 0) is 116 Å². The van der Waals surface area contributed by atoms with E-state index in [2.05, 4.69) is 175 Å². The van der Waals surface area contributed by atoms with E-state index in [0.717, 1.165) is 50.1 Å². The summed E-state index contributed by atoms with van der Waals surface area (Å²) in [6.45, 7) is 0. The van der Waals surface area contributed by atoms with Crippen molar-refractivity contribution in [3.05, 3.63) is 206 Å². The normalized spacial score (nSPS) is 11.3. The summed E-state index contributed by atoms with van der Waals surface area (Å²) >= 11 is 0. The van der Waals surface area contributed by atoms with Gasteiger partial charge in [0, 0.05) is 28.0 Å². The highest BCUT2D eigenvalue weighted by atomic mass is 16.3. The van der Waals surface area contributed by atoms with Crippen LogP contribution in [0.3, 0.4) is 0 Å². The van der Waals surface area contributed by atoms with Crippen LogP contribution in [0.15, 0.2) is 211 Å². The highest BCUT2D eigenvalue weighted by Gasteiger charge is 2.16. The van der Waals surface area contributed by atoms with Crippen LogP contribution in [0.2, 0.25) is 0 Å². The van der Waals surface area contributed by atoms with Crippen molar-refractivity contribution in [3.8, 4) is 44.8 Å². The summed E-state index contributed by atoms with van der Waals surface area (Å²) in [7, 11) is 0. The van der Waals surface area contributed by atoms with E-state index < -0.39 is 0 Å². The number of hydrogen-bond donors (Lipinski definition) is 0. The first-order valence-electron chi connectivity index (χ1n) is 18.3. The molecule has 0 aliphatic rings. The van der Waals surface area contributed by atoms with Crippen LogP contribution in [0, 0.1) is 0 Å². The molecule has 0 bridgehead atoms. The van der Waals surface area contributed by atoms with Crippen molar-refractivity contribution < 1.29 is 4.42 Å². The quantitative estimate of drug-likeness (QED) is 0.167. The van der Waals surface area contributed by atoms with E-state index in [9.17, 15) is 0 Å². The number of nitrogens with zero attached hydrogens (tertiary/aromatic N) is 2. The molecule has 0 spiro atoms. The zero-order valence-corrected chi connectivity index (χ0v) is 29.4. The van der Waals surface area contributed by atoms with E-state index in [1.807, 2.05) is 36.4 Å². The Morgan fingerprint density at radius 3 is 1.57 bits per heavy atom. The second-order valence-electron chi connectivity index (χ2n) is 13.6. The third-order valence-corrected chi connectivity index (χ3v) is 10.3. The van der Waals surface area contributed by atoms with Gasteiger partial charge < -0.3 is 9.32 Å². The van der Waals surface area contributed by atoms with Gasteiger partial charge in [-0.15, -0.1) is 0 Å². The molecule has 0 atom stereocenters. The Morgan fingerprint density at radius 1 is 0.333 bits per heavy atom. The molecule has 254 valence electrons. The fourth-order valence-electron chi connectivity index (χ4n) is 7.49. The standard InChI is InChI=1S/C51H34N2O/c1-4-11-35(12-5-1)37-21-26-45(27-22-37)53(46-18-10-17-39(33-46)36-13-6-2-7-14-36)47-28-23-41-31-40(19-20-43(41)34-47)42-24-29-48-44(32-42)25-30-49-50(48)52-51(54-49)38-15-8-3-9-16-38/h1-34H. The lowest BCUT2D eigenvalue weighted by molar-refractivity contribution is 0.620. The predicted molar refractivity (Wildman–Crippen MR) is 225 cm³/mol. The Hall–Kier alpha value is -7.23. The number of oxazole rings is 1. The van der Waals surface area contributed by atoms with Gasteiger partial charge in [-0.25, -0.2) is 4.98 Å². The van der Waals surface area contributed by atoms with Crippen LogP contribution in [-0.2, 0) is 0 Å². The molecule has 3 heteroatoms. The summed E-state index contributed by atoms with van der Waals surface area (Å²) < 4.78 is 6.14. The molecule has 0 unspecified atom stereocenters. The average molecular weight is 691 g/mol. The maximum absolute atomic E-state index is 6.14. The van der Waals surface area contributed by atoms with Gasteiger partial charge in [-0.3, -0.25) is 0 Å². The molecular formula is C51H34N2O. The average Bonchev–Trinajstić information content (AvgIpc) is 3.70.